The van der Waals surface area contributed by atoms with Gasteiger partial charge in [-0.05, 0) is 91.3 Å². The largest absolute Gasteiger partial charge is 0.381 e. The molecule has 1 heteroatoms. The van der Waals surface area contributed by atoms with Crippen LogP contribution in [0.1, 0.15) is 86.5 Å². The first-order valence-electron chi connectivity index (χ1n) is 12.8. The van der Waals surface area contributed by atoms with Gasteiger partial charge in [0, 0.05) is 7.11 Å². The lowest BCUT2D eigenvalue weighted by Gasteiger charge is -2.55. The van der Waals surface area contributed by atoms with Crippen LogP contribution in [0.2, 0.25) is 0 Å². The Balaban J connectivity index is 1.56. The first kappa shape index (κ1) is 22.4. The zero-order valence-corrected chi connectivity index (χ0v) is 20.7. The number of methoxy groups -OCH3 is 1. The van der Waals surface area contributed by atoms with Crippen molar-refractivity contribution in [3.8, 4) is 0 Å². The molecule has 4 aliphatic rings. The van der Waals surface area contributed by atoms with Crippen molar-refractivity contribution in [2.75, 3.05) is 7.11 Å². The molecule has 0 radical (unpaired) electrons. The maximum absolute atomic E-state index is 5.73. The summed E-state index contributed by atoms with van der Waals surface area (Å²) >= 11 is 0. The van der Waals surface area contributed by atoms with Gasteiger partial charge in [0.05, 0.1) is 6.10 Å². The monoisotopic (exact) mass is 410 g/mol. The lowest BCUT2D eigenvalue weighted by Crippen LogP contribution is -2.46. The minimum absolute atomic E-state index is 0.386. The van der Waals surface area contributed by atoms with E-state index in [1.807, 2.05) is 12.7 Å². The summed E-state index contributed by atoms with van der Waals surface area (Å²) in [6.07, 6.45) is 19.9. The van der Waals surface area contributed by atoms with E-state index in [2.05, 4.69) is 65.8 Å². The fourth-order valence-electron chi connectivity index (χ4n) is 7.78. The van der Waals surface area contributed by atoms with E-state index < -0.39 is 0 Å². The number of hydrogen-bond acceptors (Lipinski definition) is 1. The third-order valence-electron chi connectivity index (χ3n) is 10.3. The van der Waals surface area contributed by atoms with Gasteiger partial charge >= 0.3 is 0 Å². The van der Waals surface area contributed by atoms with E-state index in [-0.39, 0.29) is 0 Å². The Kier molecular flexibility index (Phi) is 6.17. The summed E-state index contributed by atoms with van der Waals surface area (Å²) in [7, 11) is 1.89. The van der Waals surface area contributed by atoms with Crippen molar-refractivity contribution in [3.05, 3.63) is 35.5 Å². The van der Waals surface area contributed by atoms with Crippen LogP contribution in [0, 0.1) is 46.3 Å². The van der Waals surface area contributed by atoms with E-state index in [1.54, 1.807) is 5.57 Å². The Morgan fingerprint density at radius 1 is 0.933 bits per heavy atom. The van der Waals surface area contributed by atoms with Crippen LogP contribution in [-0.4, -0.2) is 13.2 Å². The maximum atomic E-state index is 5.73. The van der Waals surface area contributed by atoms with Gasteiger partial charge in [0.2, 0.25) is 0 Å². The molecule has 0 aromatic rings. The molecule has 0 bridgehead atoms. The molecular weight excluding hydrogens is 364 g/mol. The van der Waals surface area contributed by atoms with Crippen LogP contribution in [0.5, 0.6) is 0 Å². The Labute approximate surface area is 186 Å². The highest BCUT2D eigenvalue weighted by Crippen LogP contribution is 2.66. The van der Waals surface area contributed by atoms with E-state index in [0.29, 0.717) is 28.8 Å². The summed E-state index contributed by atoms with van der Waals surface area (Å²) in [5.74, 6) is 4.52. The second kappa shape index (κ2) is 8.27. The molecule has 3 saturated carbocycles. The summed E-state index contributed by atoms with van der Waals surface area (Å²) < 4.78 is 5.73. The minimum atomic E-state index is 0.386. The lowest BCUT2D eigenvalue weighted by molar-refractivity contribution is 0.0228. The molecule has 0 heterocycles. The van der Waals surface area contributed by atoms with Crippen molar-refractivity contribution in [1.29, 1.82) is 0 Å². The van der Waals surface area contributed by atoms with Crippen LogP contribution >= 0.6 is 0 Å². The second-order valence-electron chi connectivity index (χ2n) is 12.1. The van der Waals surface area contributed by atoms with Gasteiger partial charge in [-0.25, -0.2) is 0 Å². The van der Waals surface area contributed by atoms with E-state index in [0.717, 1.165) is 30.1 Å². The predicted molar refractivity (Wildman–Crippen MR) is 128 cm³/mol. The van der Waals surface area contributed by atoms with Crippen molar-refractivity contribution in [2.24, 2.45) is 46.3 Å². The topological polar surface area (TPSA) is 9.23 Å². The molecule has 0 aromatic heterocycles. The van der Waals surface area contributed by atoms with E-state index in [4.69, 9.17) is 4.74 Å². The van der Waals surface area contributed by atoms with Crippen LogP contribution in [0.25, 0.3) is 0 Å². The Bertz CT molecular complexity index is 727. The van der Waals surface area contributed by atoms with Crippen LogP contribution < -0.4 is 0 Å². The molecule has 168 valence electrons. The van der Waals surface area contributed by atoms with Gasteiger partial charge in [0.15, 0.2) is 0 Å². The van der Waals surface area contributed by atoms with E-state index in [1.165, 1.54) is 38.5 Å². The molecule has 0 amide bonds. The number of rotatable bonds is 5. The fourth-order valence-corrected chi connectivity index (χ4v) is 7.78. The molecular formula is C29H46O. The van der Waals surface area contributed by atoms with Crippen LogP contribution in [-0.2, 0) is 4.74 Å². The fraction of sp³-hybridized carbons (Fsp3) is 0.793. The molecule has 1 nitrogen and oxygen atoms in total. The highest BCUT2D eigenvalue weighted by atomic mass is 16.5. The molecule has 4 unspecified atom stereocenters. The predicted octanol–water partition coefficient (Wildman–Crippen LogP) is 7.98. The molecule has 0 aromatic carbocycles. The van der Waals surface area contributed by atoms with Gasteiger partial charge in [0.1, 0.15) is 0 Å². The van der Waals surface area contributed by atoms with Crippen LogP contribution in [0.4, 0.5) is 0 Å². The SMILES string of the molecule is COC1CCC2(C)C(=CC=C3[C@@H]2CCC2(C)C([C@H](C)/C=C/[C@@H](C)C(C)C)CC[C@@H]32)C1. The molecule has 8 atom stereocenters. The Morgan fingerprint density at radius 3 is 2.40 bits per heavy atom. The van der Waals surface area contributed by atoms with E-state index in [9.17, 15) is 0 Å². The maximum Gasteiger partial charge on any atom is 0.0609 e. The third-order valence-corrected chi connectivity index (χ3v) is 10.3. The van der Waals surface area contributed by atoms with Gasteiger partial charge in [0.25, 0.3) is 0 Å². The van der Waals surface area contributed by atoms with Crippen molar-refractivity contribution in [2.45, 2.75) is 92.6 Å². The average Bonchev–Trinajstić information content (AvgIpc) is 3.08. The summed E-state index contributed by atoms with van der Waals surface area (Å²) in [6.45, 7) is 14.8. The second-order valence-corrected chi connectivity index (χ2v) is 12.1. The third kappa shape index (κ3) is 3.58. The summed E-state index contributed by atoms with van der Waals surface area (Å²) in [5.41, 5.74) is 4.36. The number of fused-ring (bicyclic) bond motifs is 5. The standard InChI is InChI=1S/C29H46O/c1-19(2)20(3)8-9-21(4)25-12-13-26-24-11-10-22-18-23(30-7)14-16-28(22,5)27(24)15-17-29(25,26)6/h8-11,19-21,23,25-27H,12-18H2,1-7H3/b9-8+/t20-,21-,23?,25?,26+,27+,28?,29?/m1/s1. The van der Waals surface area contributed by atoms with Crippen LogP contribution in [0.3, 0.4) is 0 Å². The molecule has 0 N–H and O–H groups in total. The first-order valence-corrected chi connectivity index (χ1v) is 12.8. The average molecular weight is 411 g/mol. The van der Waals surface area contributed by atoms with Crippen LogP contribution in [0.15, 0.2) is 35.5 Å². The molecule has 4 aliphatic carbocycles. The smallest absolute Gasteiger partial charge is 0.0609 e. The molecule has 0 saturated heterocycles. The molecule has 4 rings (SSSR count). The molecule has 30 heavy (non-hydrogen) atoms. The number of ether oxygens (including phenoxy) is 1. The normalized spacial score (nSPS) is 42.9. The number of hydrogen-bond donors (Lipinski definition) is 0. The highest BCUT2D eigenvalue weighted by Gasteiger charge is 2.56. The van der Waals surface area contributed by atoms with E-state index >= 15 is 0 Å². The van der Waals surface area contributed by atoms with Gasteiger partial charge in [-0.1, -0.05) is 77.0 Å². The van der Waals surface area contributed by atoms with Gasteiger partial charge in [-0.15, -0.1) is 0 Å². The van der Waals surface area contributed by atoms with Crippen molar-refractivity contribution >= 4 is 0 Å². The minimum Gasteiger partial charge on any atom is -0.381 e. The molecule has 3 fully saturated rings. The Morgan fingerprint density at radius 2 is 1.70 bits per heavy atom. The molecule has 0 aliphatic heterocycles. The van der Waals surface area contributed by atoms with Gasteiger partial charge in [-0.2, -0.15) is 0 Å². The van der Waals surface area contributed by atoms with Crippen molar-refractivity contribution in [1.82, 2.24) is 0 Å². The highest BCUT2D eigenvalue weighted by molar-refractivity contribution is 5.39. The summed E-state index contributed by atoms with van der Waals surface area (Å²) in [5, 5.41) is 0. The van der Waals surface area contributed by atoms with Crippen molar-refractivity contribution in [3.63, 3.8) is 0 Å². The number of allylic oxidation sites excluding steroid dienone is 5. The quantitative estimate of drug-likeness (QED) is 0.417. The summed E-state index contributed by atoms with van der Waals surface area (Å²) in [6, 6.07) is 0. The zero-order valence-electron chi connectivity index (χ0n) is 20.7. The van der Waals surface area contributed by atoms with Crippen molar-refractivity contribution < 1.29 is 4.74 Å². The zero-order chi connectivity index (χ0) is 21.7. The molecule has 0 spiro atoms. The lowest BCUT2D eigenvalue weighted by atomic mass is 9.50. The Hall–Kier alpha value is -0.820. The van der Waals surface area contributed by atoms with Gasteiger partial charge in [-0.3, -0.25) is 0 Å². The first-order chi connectivity index (χ1) is 14.2. The summed E-state index contributed by atoms with van der Waals surface area (Å²) in [4.78, 5) is 0. The van der Waals surface area contributed by atoms with Gasteiger partial charge < -0.3 is 4.74 Å².